The molecule has 1 heterocycles. The summed E-state index contributed by atoms with van der Waals surface area (Å²) in [5.41, 5.74) is 2.45. The van der Waals surface area contributed by atoms with E-state index >= 15 is 0 Å². The quantitative estimate of drug-likeness (QED) is 0.791. The van der Waals surface area contributed by atoms with Crippen LogP contribution in [0.5, 0.6) is 0 Å². The van der Waals surface area contributed by atoms with Crippen LogP contribution < -0.4 is 5.32 Å². The summed E-state index contributed by atoms with van der Waals surface area (Å²) in [5, 5.41) is 5.05. The molecule has 0 fully saturated rings. The van der Waals surface area contributed by atoms with Crippen molar-refractivity contribution in [2.24, 2.45) is 0 Å². The highest BCUT2D eigenvalue weighted by Gasteiger charge is 2.14. The van der Waals surface area contributed by atoms with Crippen LogP contribution in [0.25, 0.3) is 10.6 Å². The van der Waals surface area contributed by atoms with Crippen molar-refractivity contribution in [3.8, 4) is 10.6 Å². The highest BCUT2D eigenvalue weighted by molar-refractivity contribution is 7.13. The number of amides is 1. The van der Waals surface area contributed by atoms with Crippen LogP contribution in [0.3, 0.4) is 0 Å². The molecule has 0 saturated carbocycles. The summed E-state index contributed by atoms with van der Waals surface area (Å²) in [6, 6.07) is 8.08. The summed E-state index contributed by atoms with van der Waals surface area (Å²) in [5.74, 6) is -0.880. The van der Waals surface area contributed by atoms with E-state index in [1.54, 1.807) is 5.38 Å². The van der Waals surface area contributed by atoms with Crippen LogP contribution in [0.1, 0.15) is 36.3 Å². The first kappa shape index (κ1) is 17.1. The molecule has 0 spiro atoms. The predicted molar refractivity (Wildman–Crippen MR) is 90.5 cm³/mol. The highest BCUT2D eigenvalue weighted by Crippen LogP contribution is 2.24. The minimum absolute atomic E-state index is 0.229. The monoisotopic (exact) mass is 332 g/mol. The third-order valence-corrected chi connectivity index (χ3v) is 4.12. The van der Waals surface area contributed by atoms with Gasteiger partial charge in [-0.1, -0.05) is 38.1 Å². The van der Waals surface area contributed by atoms with Gasteiger partial charge >= 0.3 is 5.97 Å². The molecule has 0 saturated heterocycles. The Morgan fingerprint density at radius 2 is 1.96 bits per heavy atom. The van der Waals surface area contributed by atoms with Crippen molar-refractivity contribution >= 4 is 23.2 Å². The Labute approximate surface area is 139 Å². The van der Waals surface area contributed by atoms with E-state index in [0.717, 1.165) is 23.4 Å². The van der Waals surface area contributed by atoms with Crippen molar-refractivity contribution in [1.29, 1.82) is 0 Å². The summed E-state index contributed by atoms with van der Waals surface area (Å²) >= 11 is 1.38. The van der Waals surface area contributed by atoms with Crippen LogP contribution >= 0.6 is 11.3 Å². The fourth-order valence-electron chi connectivity index (χ4n) is 1.90. The Bertz CT molecular complexity index is 665. The zero-order valence-electron chi connectivity index (χ0n) is 13.3. The first-order chi connectivity index (χ1) is 11.1. The molecule has 1 N–H and O–H groups in total. The van der Waals surface area contributed by atoms with Gasteiger partial charge in [0.2, 0.25) is 0 Å². The molecular formula is C17H20N2O3S. The molecule has 1 amide bonds. The SMILES string of the molecule is CCCNC(=O)COC(=O)c1csc(-c2ccc(CC)cc2)n1. The van der Waals surface area contributed by atoms with E-state index in [9.17, 15) is 9.59 Å². The molecule has 0 atom stereocenters. The Morgan fingerprint density at radius 3 is 2.61 bits per heavy atom. The van der Waals surface area contributed by atoms with Crippen molar-refractivity contribution in [3.05, 3.63) is 40.9 Å². The van der Waals surface area contributed by atoms with Crippen molar-refractivity contribution < 1.29 is 14.3 Å². The number of nitrogens with one attached hydrogen (secondary N) is 1. The van der Waals surface area contributed by atoms with Crippen molar-refractivity contribution in [3.63, 3.8) is 0 Å². The third-order valence-electron chi connectivity index (χ3n) is 3.23. The number of aryl methyl sites for hydroxylation is 1. The van der Waals surface area contributed by atoms with Gasteiger partial charge in [0.05, 0.1) is 0 Å². The number of benzene rings is 1. The number of nitrogens with zero attached hydrogens (tertiary/aromatic N) is 1. The lowest BCUT2D eigenvalue weighted by Crippen LogP contribution is -2.29. The van der Waals surface area contributed by atoms with Crippen molar-refractivity contribution in [2.45, 2.75) is 26.7 Å². The maximum Gasteiger partial charge on any atom is 0.358 e. The fourth-order valence-corrected chi connectivity index (χ4v) is 2.70. The van der Waals surface area contributed by atoms with E-state index in [1.165, 1.54) is 16.9 Å². The minimum Gasteiger partial charge on any atom is -0.451 e. The Hall–Kier alpha value is -2.21. The lowest BCUT2D eigenvalue weighted by molar-refractivity contribution is -0.124. The van der Waals surface area contributed by atoms with E-state index in [1.807, 2.05) is 31.2 Å². The molecule has 5 nitrogen and oxygen atoms in total. The molecule has 0 unspecified atom stereocenters. The zero-order chi connectivity index (χ0) is 16.7. The second-order valence-corrected chi connectivity index (χ2v) is 5.87. The third kappa shape index (κ3) is 4.89. The molecule has 0 aliphatic rings. The van der Waals surface area contributed by atoms with Gasteiger partial charge in [0, 0.05) is 17.5 Å². The molecule has 6 heteroatoms. The standard InChI is InChI=1S/C17H20N2O3S/c1-3-9-18-15(20)10-22-17(21)14-11-23-16(19-14)13-7-5-12(4-2)6-8-13/h5-8,11H,3-4,9-10H2,1-2H3,(H,18,20). The number of thiazole rings is 1. The van der Waals surface area contributed by atoms with Crippen LogP contribution in [-0.4, -0.2) is 30.0 Å². The van der Waals surface area contributed by atoms with Gasteiger partial charge in [0.15, 0.2) is 12.3 Å². The number of carbonyl (C=O) groups is 2. The first-order valence-corrected chi connectivity index (χ1v) is 8.50. The average molecular weight is 332 g/mol. The van der Waals surface area contributed by atoms with Crippen molar-refractivity contribution in [2.75, 3.05) is 13.2 Å². The highest BCUT2D eigenvalue weighted by atomic mass is 32.1. The summed E-state index contributed by atoms with van der Waals surface area (Å²) < 4.78 is 4.97. The van der Waals surface area contributed by atoms with Gasteiger partial charge in [-0.2, -0.15) is 0 Å². The van der Waals surface area contributed by atoms with Crippen LogP contribution in [0.4, 0.5) is 0 Å². The maximum absolute atomic E-state index is 11.9. The Balaban J connectivity index is 1.95. The van der Waals surface area contributed by atoms with Crippen LogP contribution in [0, 0.1) is 0 Å². The molecular weight excluding hydrogens is 312 g/mol. The van der Waals surface area contributed by atoms with Crippen LogP contribution in [0.2, 0.25) is 0 Å². The molecule has 2 aromatic rings. The molecule has 1 aromatic carbocycles. The van der Waals surface area contributed by atoms with E-state index in [0.29, 0.717) is 6.54 Å². The molecule has 0 aliphatic carbocycles. The molecule has 0 bridgehead atoms. The molecule has 0 aliphatic heterocycles. The lowest BCUT2D eigenvalue weighted by atomic mass is 10.1. The zero-order valence-corrected chi connectivity index (χ0v) is 14.1. The normalized spacial score (nSPS) is 10.3. The number of esters is 1. The second kappa shape index (κ2) is 8.43. The number of hydrogen-bond donors (Lipinski definition) is 1. The van der Waals surface area contributed by atoms with E-state index in [2.05, 4.69) is 17.2 Å². The lowest BCUT2D eigenvalue weighted by Gasteiger charge is -2.04. The van der Waals surface area contributed by atoms with Gasteiger partial charge < -0.3 is 10.1 Å². The van der Waals surface area contributed by atoms with E-state index in [4.69, 9.17) is 4.74 Å². The van der Waals surface area contributed by atoms with Crippen LogP contribution in [-0.2, 0) is 16.0 Å². The molecule has 2 rings (SSSR count). The number of ether oxygens (including phenoxy) is 1. The number of rotatable bonds is 7. The summed E-state index contributed by atoms with van der Waals surface area (Å²) in [6.07, 6.45) is 1.82. The first-order valence-electron chi connectivity index (χ1n) is 7.62. The molecule has 0 radical (unpaired) electrons. The van der Waals surface area contributed by atoms with Gasteiger partial charge in [-0.05, 0) is 18.4 Å². The van der Waals surface area contributed by atoms with Gasteiger partial charge in [0.25, 0.3) is 5.91 Å². The maximum atomic E-state index is 11.9. The second-order valence-electron chi connectivity index (χ2n) is 5.01. The van der Waals surface area contributed by atoms with E-state index in [-0.39, 0.29) is 18.2 Å². The number of hydrogen-bond acceptors (Lipinski definition) is 5. The smallest absolute Gasteiger partial charge is 0.358 e. The Kier molecular flexibility index (Phi) is 6.29. The predicted octanol–water partition coefficient (Wildman–Crippen LogP) is 3.06. The Morgan fingerprint density at radius 1 is 1.22 bits per heavy atom. The minimum atomic E-state index is -0.579. The van der Waals surface area contributed by atoms with Gasteiger partial charge in [0.1, 0.15) is 5.01 Å². The molecule has 1 aromatic heterocycles. The molecule has 23 heavy (non-hydrogen) atoms. The fraction of sp³-hybridized carbons (Fsp3) is 0.353. The van der Waals surface area contributed by atoms with Crippen LogP contribution in [0.15, 0.2) is 29.6 Å². The van der Waals surface area contributed by atoms with Gasteiger partial charge in [-0.25, -0.2) is 9.78 Å². The van der Waals surface area contributed by atoms with Gasteiger partial charge in [-0.15, -0.1) is 11.3 Å². The van der Waals surface area contributed by atoms with E-state index < -0.39 is 5.97 Å². The summed E-state index contributed by atoms with van der Waals surface area (Å²) in [7, 11) is 0. The van der Waals surface area contributed by atoms with Crippen molar-refractivity contribution in [1.82, 2.24) is 10.3 Å². The number of carbonyl (C=O) groups excluding carboxylic acids is 2. The topological polar surface area (TPSA) is 68.3 Å². The number of aromatic nitrogens is 1. The molecule has 122 valence electrons. The summed E-state index contributed by atoms with van der Waals surface area (Å²) in [6.45, 7) is 4.35. The average Bonchev–Trinajstić information content (AvgIpc) is 3.08. The van der Waals surface area contributed by atoms with Gasteiger partial charge in [-0.3, -0.25) is 4.79 Å². The summed E-state index contributed by atoms with van der Waals surface area (Å²) in [4.78, 5) is 27.6. The largest absolute Gasteiger partial charge is 0.451 e.